The standard InChI is InChI=1S/C14H18N2/c1-2-5-12(15)9-8-11-10-16-14-7-4-3-6-13(11)14/h3-4,6-7,10,15-16H,2,5,8-9H2,1H3. The van der Waals surface area contributed by atoms with Crippen LogP contribution in [0.4, 0.5) is 0 Å². The van der Waals surface area contributed by atoms with E-state index in [-0.39, 0.29) is 0 Å². The zero-order valence-corrected chi connectivity index (χ0v) is 9.72. The molecule has 2 nitrogen and oxygen atoms in total. The molecule has 1 heterocycles. The number of fused-ring (bicyclic) bond motifs is 1. The van der Waals surface area contributed by atoms with Crippen molar-refractivity contribution < 1.29 is 0 Å². The highest BCUT2D eigenvalue weighted by atomic mass is 14.7. The van der Waals surface area contributed by atoms with E-state index in [9.17, 15) is 0 Å². The van der Waals surface area contributed by atoms with E-state index in [1.807, 2.05) is 6.07 Å². The summed E-state index contributed by atoms with van der Waals surface area (Å²) < 4.78 is 0. The number of nitrogens with one attached hydrogen (secondary N) is 2. The molecular weight excluding hydrogens is 196 g/mol. The minimum absolute atomic E-state index is 0.868. The normalized spacial score (nSPS) is 10.8. The molecule has 0 spiro atoms. The molecule has 0 saturated carbocycles. The summed E-state index contributed by atoms with van der Waals surface area (Å²) >= 11 is 0. The van der Waals surface area contributed by atoms with E-state index in [1.54, 1.807) is 0 Å². The van der Waals surface area contributed by atoms with Crippen molar-refractivity contribution in [1.82, 2.24) is 4.98 Å². The number of rotatable bonds is 5. The van der Waals surface area contributed by atoms with Crippen molar-refractivity contribution in [2.45, 2.75) is 32.6 Å². The summed E-state index contributed by atoms with van der Waals surface area (Å²) in [6.45, 7) is 2.13. The van der Waals surface area contributed by atoms with Crippen molar-refractivity contribution in [2.75, 3.05) is 0 Å². The van der Waals surface area contributed by atoms with Crippen LogP contribution in [0.25, 0.3) is 10.9 Å². The molecule has 1 aromatic carbocycles. The van der Waals surface area contributed by atoms with Crippen LogP contribution in [0.3, 0.4) is 0 Å². The molecule has 0 aliphatic rings. The zero-order chi connectivity index (χ0) is 11.4. The second-order valence-electron chi connectivity index (χ2n) is 4.21. The first-order chi connectivity index (χ1) is 7.81. The maximum atomic E-state index is 7.79. The Hall–Kier alpha value is -1.57. The summed E-state index contributed by atoms with van der Waals surface area (Å²) in [5.41, 5.74) is 3.39. The van der Waals surface area contributed by atoms with E-state index in [2.05, 4.69) is 36.3 Å². The van der Waals surface area contributed by atoms with Crippen LogP contribution in [-0.4, -0.2) is 10.7 Å². The van der Waals surface area contributed by atoms with Gasteiger partial charge in [-0.05, 0) is 30.9 Å². The summed E-state index contributed by atoms with van der Waals surface area (Å²) in [7, 11) is 0. The third-order valence-corrected chi connectivity index (χ3v) is 2.92. The fraction of sp³-hybridized carbons (Fsp3) is 0.357. The van der Waals surface area contributed by atoms with Gasteiger partial charge in [0.15, 0.2) is 0 Å². The van der Waals surface area contributed by atoms with Crippen molar-refractivity contribution >= 4 is 16.6 Å². The highest BCUT2D eigenvalue weighted by molar-refractivity contribution is 5.85. The SMILES string of the molecule is CCCC(=N)CCc1c[nH]c2ccccc12. The summed E-state index contributed by atoms with van der Waals surface area (Å²) in [6, 6.07) is 8.35. The highest BCUT2D eigenvalue weighted by Gasteiger charge is 2.03. The molecule has 0 atom stereocenters. The molecule has 1 aromatic heterocycles. The van der Waals surface area contributed by atoms with Gasteiger partial charge in [-0.1, -0.05) is 31.5 Å². The Kier molecular flexibility index (Phi) is 3.40. The second-order valence-corrected chi connectivity index (χ2v) is 4.21. The number of aromatic amines is 1. The third-order valence-electron chi connectivity index (χ3n) is 2.92. The molecule has 0 bridgehead atoms. The molecule has 0 saturated heterocycles. The molecule has 0 aliphatic heterocycles. The molecule has 2 aromatic rings. The lowest BCUT2D eigenvalue weighted by Crippen LogP contribution is -1.97. The fourth-order valence-corrected chi connectivity index (χ4v) is 2.05. The van der Waals surface area contributed by atoms with Crippen LogP contribution in [0.1, 0.15) is 31.7 Å². The van der Waals surface area contributed by atoms with Gasteiger partial charge < -0.3 is 10.4 Å². The quantitative estimate of drug-likeness (QED) is 0.708. The van der Waals surface area contributed by atoms with Crippen molar-refractivity contribution in [3.8, 4) is 0 Å². The average molecular weight is 214 g/mol. The predicted octanol–water partition coefficient (Wildman–Crippen LogP) is 3.92. The van der Waals surface area contributed by atoms with Crippen molar-refractivity contribution in [3.63, 3.8) is 0 Å². The summed E-state index contributed by atoms with van der Waals surface area (Å²) in [6.07, 6.45) is 5.94. The largest absolute Gasteiger partial charge is 0.361 e. The first kappa shape index (κ1) is 10.9. The Morgan fingerprint density at radius 2 is 2.06 bits per heavy atom. The van der Waals surface area contributed by atoms with E-state index >= 15 is 0 Å². The maximum absolute atomic E-state index is 7.79. The van der Waals surface area contributed by atoms with Gasteiger partial charge in [-0.2, -0.15) is 0 Å². The van der Waals surface area contributed by atoms with Crippen LogP contribution in [0.2, 0.25) is 0 Å². The molecule has 0 aliphatic carbocycles. The third kappa shape index (κ3) is 2.32. The molecule has 0 amide bonds. The minimum Gasteiger partial charge on any atom is -0.361 e. The van der Waals surface area contributed by atoms with Gasteiger partial charge in [0, 0.05) is 22.8 Å². The van der Waals surface area contributed by atoms with Crippen LogP contribution < -0.4 is 0 Å². The van der Waals surface area contributed by atoms with Gasteiger partial charge >= 0.3 is 0 Å². The van der Waals surface area contributed by atoms with Crippen LogP contribution in [0, 0.1) is 5.41 Å². The molecular formula is C14H18N2. The lowest BCUT2D eigenvalue weighted by atomic mass is 10.0. The van der Waals surface area contributed by atoms with E-state index < -0.39 is 0 Å². The molecule has 2 rings (SSSR count). The molecule has 2 N–H and O–H groups in total. The molecule has 0 fully saturated rings. The van der Waals surface area contributed by atoms with Crippen molar-refractivity contribution in [2.24, 2.45) is 0 Å². The van der Waals surface area contributed by atoms with Crippen molar-refractivity contribution in [3.05, 3.63) is 36.0 Å². The number of H-pyrrole nitrogens is 1. The lowest BCUT2D eigenvalue weighted by Gasteiger charge is -2.01. The molecule has 84 valence electrons. The summed E-state index contributed by atoms with van der Waals surface area (Å²) in [5, 5.41) is 9.09. The molecule has 2 heteroatoms. The maximum Gasteiger partial charge on any atom is 0.0456 e. The Morgan fingerprint density at radius 1 is 1.25 bits per heavy atom. The van der Waals surface area contributed by atoms with Crippen LogP contribution in [-0.2, 0) is 6.42 Å². The van der Waals surface area contributed by atoms with Gasteiger partial charge in [0.25, 0.3) is 0 Å². The summed E-state index contributed by atoms with van der Waals surface area (Å²) in [5.74, 6) is 0. The first-order valence-corrected chi connectivity index (χ1v) is 5.92. The second kappa shape index (κ2) is 4.97. The number of aryl methyl sites for hydroxylation is 1. The Bertz CT molecular complexity index is 482. The topological polar surface area (TPSA) is 39.6 Å². The fourth-order valence-electron chi connectivity index (χ4n) is 2.05. The molecule has 0 unspecified atom stereocenters. The van der Waals surface area contributed by atoms with Crippen molar-refractivity contribution in [1.29, 1.82) is 5.41 Å². The Labute approximate surface area is 96.2 Å². The Morgan fingerprint density at radius 3 is 2.88 bits per heavy atom. The number of benzene rings is 1. The average Bonchev–Trinajstić information content (AvgIpc) is 2.70. The van der Waals surface area contributed by atoms with Gasteiger partial charge in [0.05, 0.1) is 0 Å². The van der Waals surface area contributed by atoms with Gasteiger partial charge in [0.2, 0.25) is 0 Å². The minimum atomic E-state index is 0.868. The Balaban J connectivity index is 2.07. The number of para-hydroxylation sites is 1. The van der Waals surface area contributed by atoms with Crippen LogP contribution >= 0.6 is 0 Å². The molecule has 0 radical (unpaired) electrons. The number of hydrogen-bond acceptors (Lipinski definition) is 1. The van der Waals surface area contributed by atoms with Crippen LogP contribution in [0.15, 0.2) is 30.5 Å². The zero-order valence-electron chi connectivity index (χ0n) is 9.72. The first-order valence-electron chi connectivity index (χ1n) is 5.92. The summed E-state index contributed by atoms with van der Waals surface area (Å²) in [4.78, 5) is 3.27. The number of hydrogen-bond donors (Lipinski definition) is 2. The van der Waals surface area contributed by atoms with Gasteiger partial charge in [-0.25, -0.2) is 0 Å². The van der Waals surface area contributed by atoms with Crippen LogP contribution in [0.5, 0.6) is 0 Å². The van der Waals surface area contributed by atoms with E-state index in [1.165, 1.54) is 16.5 Å². The molecule has 16 heavy (non-hydrogen) atoms. The van der Waals surface area contributed by atoms with Gasteiger partial charge in [0.1, 0.15) is 0 Å². The van der Waals surface area contributed by atoms with E-state index in [4.69, 9.17) is 5.41 Å². The van der Waals surface area contributed by atoms with Gasteiger partial charge in [-0.3, -0.25) is 0 Å². The monoisotopic (exact) mass is 214 g/mol. The highest BCUT2D eigenvalue weighted by Crippen LogP contribution is 2.19. The van der Waals surface area contributed by atoms with E-state index in [0.29, 0.717) is 0 Å². The van der Waals surface area contributed by atoms with E-state index in [0.717, 1.165) is 31.4 Å². The predicted molar refractivity (Wildman–Crippen MR) is 69.3 cm³/mol. The lowest BCUT2D eigenvalue weighted by molar-refractivity contribution is 0.926. The smallest absolute Gasteiger partial charge is 0.0456 e. The van der Waals surface area contributed by atoms with Gasteiger partial charge in [-0.15, -0.1) is 0 Å². The number of aromatic nitrogens is 1.